The first kappa shape index (κ1) is 103. The Balaban J connectivity index is 5.21. The van der Waals surface area contributed by atoms with Gasteiger partial charge in [-0.15, -0.1) is 0 Å². The molecule has 0 aliphatic carbocycles. The third-order valence-electron chi connectivity index (χ3n) is 20.6. The number of unbranched alkanes of at least 4 members (excludes halogenated alkanes) is 54. The number of phosphoric acid groups is 2. The molecule has 0 amide bonds. The predicted octanol–water partition coefficient (Wildman–Crippen LogP) is 26.2. The van der Waals surface area contributed by atoms with Crippen LogP contribution in [0.25, 0.3) is 0 Å². The predicted molar refractivity (Wildman–Crippen MR) is 432 cm³/mol. The Hall–Kier alpha value is -1.94. The molecule has 0 radical (unpaired) electrons. The lowest BCUT2D eigenvalue weighted by Gasteiger charge is -2.21. The van der Waals surface area contributed by atoms with Gasteiger partial charge < -0.3 is 33.8 Å². The van der Waals surface area contributed by atoms with Crippen LogP contribution in [0.1, 0.15) is 459 Å². The minimum atomic E-state index is -4.97. The van der Waals surface area contributed by atoms with Crippen molar-refractivity contribution >= 4 is 39.5 Å². The number of aliphatic hydroxyl groups excluding tert-OH is 1. The van der Waals surface area contributed by atoms with Crippen LogP contribution >= 0.6 is 15.6 Å². The number of ether oxygens (including phenoxy) is 4. The molecule has 0 rings (SSSR count). The van der Waals surface area contributed by atoms with Gasteiger partial charge in [-0.2, -0.15) is 0 Å². The van der Waals surface area contributed by atoms with Gasteiger partial charge in [0.1, 0.15) is 19.3 Å². The molecule has 0 aliphatic heterocycles. The number of phosphoric ester groups is 2. The summed E-state index contributed by atoms with van der Waals surface area (Å²) in [6.45, 7) is 9.70. The van der Waals surface area contributed by atoms with Crippen LogP contribution in [0.2, 0.25) is 0 Å². The molecule has 3 N–H and O–H groups in total. The van der Waals surface area contributed by atoms with Crippen molar-refractivity contribution in [2.75, 3.05) is 39.6 Å². The van der Waals surface area contributed by atoms with Gasteiger partial charge in [-0.1, -0.05) is 408 Å². The van der Waals surface area contributed by atoms with Gasteiger partial charge in [-0.3, -0.25) is 37.3 Å². The van der Waals surface area contributed by atoms with Crippen molar-refractivity contribution in [1.29, 1.82) is 0 Å². The molecule has 624 valence electrons. The van der Waals surface area contributed by atoms with E-state index in [4.69, 9.17) is 37.0 Å². The Kier molecular flexibility index (Phi) is 76.0. The second-order valence-electron chi connectivity index (χ2n) is 31.6. The molecule has 0 spiro atoms. The molecule has 17 nitrogen and oxygen atoms in total. The Morgan fingerprint density at radius 2 is 0.486 bits per heavy atom. The van der Waals surface area contributed by atoms with Gasteiger partial charge in [0.2, 0.25) is 0 Å². The lowest BCUT2D eigenvalue weighted by atomic mass is 9.99. The van der Waals surface area contributed by atoms with Crippen LogP contribution in [0.4, 0.5) is 0 Å². The van der Waals surface area contributed by atoms with Crippen LogP contribution in [0.15, 0.2) is 0 Å². The number of carbonyl (C=O) groups is 4. The SMILES string of the molecule is CCCCCCCCCCCCCCCCCCCCCCC(=O)OC[C@H](COP(=O)(O)OC[C@@H](O)COP(=O)(O)OC[C@@H](COC(=O)CCCCCCCCCCCCC)OC(=O)CCCCCCCCCCCC(C)C)OC(=O)CCCCCCCCCCCCCCCCCCCCC(C)CC. The first-order chi connectivity index (χ1) is 50.9. The summed E-state index contributed by atoms with van der Waals surface area (Å²) < 4.78 is 68.8. The first-order valence-electron chi connectivity index (χ1n) is 44.5. The molecular formula is C86H168O17P2. The van der Waals surface area contributed by atoms with Gasteiger partial charge in [-0.05, 0) is 37.5 Å². The Morgan fingerprint density at radius 3 is 0.724 bits per heavy atom. The number of carbonyl (C=O) groups excluding carboxylic acids is 4. The van der Waals surface area contributed by atoms with E-state index in [0.717, 1.165) is 102 Å². The normalized spacial score (nSPS) is 14.1. The van der Waals surface area contributed by atoms with Crippen LogP contribution < -0.4 is 0 Å². The molecule has 0 aromatic heterocycles. The minimum absolute atomic E-state index is 0.106. The third kappa shape index (κ3) is 78.5. The first-order valence-corrected chi connectivity index (χ1v) is 47.5. The topological polar surface area (TPSA) is 237 Å². The van der Waals surface area contributed by atoms with Crippen LogP contribution in [-0.4, -0.2) is 96.7 Å². The molecule has 0 fully saturated rings. The molecule has 0 aromatic carbocycles. The molecule has 0 heterocycles. The lowest BCUT2D eigenvalue weighted by molar-refractivity contribution is -0.161. The maximum absolute atomic E-state index is 13.1. The molecule has 0 saturated heterocycles. The van der Waals surface area contributed by atoms with E-state index in [1.807, 2.05) is 0 Å². The second kappa shape index (κ2) is 77.4. The smallest absolute Gasteiger partial charge is 0.462 e. The van der Waals surface area contributed by atoms with E-state index >= 15 is 0 Å². The van der Waals surface area contributed by atoms with E-state index in [1.165, 1.54) is 276 Å². The highest BCUT2D eigenvalue weighted by Gasteiger charge is 2.30. The van der Waals surface area contributed by atoms with Crippen LogP contribution in [0, 0.1) is 11.8 Å². The van der Waals surface area contributed by atoms with Gasteiger partial charge >= 0.3 is 39.5 Å². The van der Waals surface area contributed by atoms with Crippen LogP contribution in [0.5, 0.6) is 0 Å². The van der Waals surface area contributed by atoms with Crippen LogP contribution in [-0.2, 0) is 65.4 Å². The molecule has 0 aliphatic rings. The third-order valence-corrected chi connectivity index (χ3v) is 22.5. The highest BCUT2D eigenvalue weighted by atomic mass is 31.2. The van der Waals surface area contributed by atoms with Crippen molar-refractivity contribution in [2.24, 2.45) is 11.8 Å². The standard InChI is InChI=1S/C86H168O17P2/c1-7-10-12-14-16-18-20-21-22-23-24-25-29-32-35-39-45-51-57-63-69-84(89)97-74-81(102-85(90)70-64-58-52-46-40-36-33-30-27-26-28-31-34-38-43-49-55-61-67-79(6)9-3)76-100-104(92,93)98-72-80(87)73-99-105(94,95)101-77-82(75-96-83(88)68-62-56-50-44-37-19-17-15-13-11-8-2)103-86(91)71-65-59-53-47-41-42-48-54-60-66-78(4)5/h78-82,87H,7-77H2,1-6H3,(H,92,93)(H,94,95)/t79?,80-,81-,82-/m1/s1. The Labute approximate surface area is 645 Å². The fourth-order valence-electron chi connectivity index (χ4n) is 13.4. The Morgan fingerprint density at radius 1 is 0.276 bits per heavy atom. The largest absolute Gasteiger partial charge is 0.472 e. The summed E-state index contributed by atoms with van der Waals surface area (Å²) in [5.74, 6) is -0.496. The van der Waals surface area contributed by atoms with E-state index in [2.05, 4.69) is 41.5 Å². The van der Waals surface area contributed by atoms with Gasteiger partial charge in [-0.25, -0.2) is 9.13 Å². The zero-order valence-corrected chi connectivity index (χ0v) is 70.8. The zero-order chi connectivity index (χ0) is 77.1. The molecular weight excluding hydrogens is 1370 g/mol. The monoisotopic (exact) mass is 1540 g/mol. The highest BCUT2D eigenvalue weighted by Crippen LogP contribution is 2.45. The van der Waals surface area contributed by atoms with Crippen molar-refractivity contribution in [3.05, 3.63) is 0 Å². The molecule has 6 atom stereocenters. The summed E-state index contributed by atoms with van der Waals surface area (Å²) in [4.78, 5) is 73.2. The maximum atomic E-state index is 13.1. The van der Waals surface area contributed by atoms with Crippen LogP contribution in [0.3, 0.4) is 0 Å². The highest BCUT2D eigenvalue weighted by molar-refractivity contribution is 7.47. The quantitative estimate of drug-likeness (QED) is 0.0222. The fraction of sp³-hybridized carbons (Fsp3) is 0.953. The van der Waals surface area contributed by atoms with Gasteiger partial charge in [0, 0.05) is 25.7 Å². The van der Waals surface area contributed by atoms with Crippen molar-refractivity contribution in [3.8, 4) is 0 Å². The number of rotatable bonds is 85. The second-order valence-corrected chi connectivity index (χ2v) is 34.6. The number of hydrogen-bond acceptors (Lipinski definition) is 15. The summed E-state index contributed by atoms with van der Waals surface area (Å²) in [5, 5.41) is 10.7. The van der Waals surface area contributed by atoms with Crippen molar-refractivity contribution in [1.82, 2.24) is 0 Å². The van der Waals surface area contributed by atoms with Crippen molar-refractivity contribution in [3.63, 3.8) is 0 Å². The summed E-state index contributed by atoms with van der Waals surface area (Å²) in [6, 6.07) is 0. The summed E-state index contributed by atoms with van der Waals surface area (Å²) in [5.41, 5.74) is 0. The zero-order valence-electron chi connectivity index (χ0n) is 69.0. The van der Waals surface area contributed by atoms with Crippen molar-refractivity contribution in [2.45, 2.75) is 477 Å². The van der Waals surface area contributed by atoms with E-state index < -0.39 is 97.5 Å². The van der Waals surface area contributed by atoms with E-state index in [0.29, 0.717) is 25.7 Å². The average molecular weight is 1540 g/mol. The number of esters is 4. The number of aliphatic hydroxyl groups is 1. The van der Waals surface area contributed by atoms with Gasteiger partial charge in [0.15, 0.2) is 12.2 Å². The Bertz CT molecular complexity index is 2010. The summed E-state index contributed by atoms with van der Waals surface area (Å²) in [6.07, 6.45) is 69.5. The minimum Gasteiger partial charge on any atom is -0.462 e. The van der Waals surface area contributed by atoms with Gasteiger partial charge in [0.05, 0.1) is 26.4 Å². The van der Waals surface area contributed by atoms with Crippen molar-refractivity contribution < 1.29 is 80.2 Å². The molecule has 3 unspecified atom stereocenters. The molecule has 0 aromatic rings. The van der Waals surface area contributed by atoms with E-state index in [-0.39, 0.29) is 25.7 Å². The number of hydrogen-bond donors (Lipinski definition) is 3. The molecule has 19 heteroatoms. The van der Waals surface area contributed by atoms with E-state index in [9.17, 15) is 43.2 Å². The molecule has 105 heavy (non-hydrogen) atoms. The van der Waals surface area contributed by atoms with Gasteiger partial charge in [0.25, 0.3) is 0 Å². The maximum Gasteiger partial charge on any atom is 0.472 e. The molecule has 0 bridgehead atoms. The lowest BCUT2D eigenvalue weighted by Crippen LogP contribution is -2.30. The average Bonchev–Trinajstić information content (AvgIpc) is 0.904. The van der Waals surface area contributed by atoms with E-state index in [1.54, 1.807) is 0 Å². The fourth-order valence-corrected chi connectivity index (χ4v) is 15.0. The summed E-state index contributed by atoms with van der Waals surface area (Å²) in [7, 11) is -9.93. The summed E-state index contributed by atoms with van der Waals surface area (Å²) >= 11 is 0. The molecule has 0 saturated carbocycles.